The number of anilines is 1. The average Bonchev–Trinajstić information content (AvgIpc) is 2.36. The van der Waals surface area contributed by atoms with Crippen LogP contribution in [0.3, 0.4) is 0 Å². The van der Waals surface area contributed by atoms with Crippen molar-refractivity contribution in [2.45, 2.75) is 19.8 Å². The molecule has 1 amide bonds. The van der Waals surface area contributed by atoms with Crippen LogP contribution >= 0.6 is 0 Å². The van der Waals surface area contributed by atoms with Crippen LogP contribution in [0.5, 0.6) is 0 Å². The zero-order valence-corrected chi connectivity index (χ0v) is 10.1. The van der Waals surface area contributed by atoms with Crippen LogP contribution in [0.15, 0.2) is 24.3 Å². The summed E-state index contributed by atoms with van der Waals surface area (Å²) in [6, 6.07) is 7.26. The minimum absolute atomic E-state index is 0.000489. The molecule has 1 unspecified atom stereocenters. The van der Waals surface area contributed by atoms with Gasteiger partial charge in [-0.25, -0.2) is 0 Å². The molecular formula is C14H18N2O. The summed E-state index contributed by atoms with van der Waals surface area (Å²) in [5.41, 5.74) is 7.00. The lowest BCUT2D eigenvalue weighted by Crippen LogP contribution is -2.16. The van der Waals surface area contributed by atoms with Crippen LogP contribution in [0.25, 0.3) is 0 Å². The van der Waals surface area contributed by atoms with Gasteiger partial charge in [-0.3, -0.25) is 4.79 Å². The average molecular weight is 230 g/mol. The molecule has 0 spiro atoms. The Labute approximate surface area is 102 Å². The lowest BCUT2D eigenvalue weighted by Gasteiger charge is -2.08. The Balaban J connectivity index is 2.48. The molecule has 0 fully saturated rings. The second-order valence-electron chi connectivity index (χ2n) is 4.15. The number of nitrogens with two attached hydrogens (primary N) is 1. The highest BCUT2D eigenvalue weighted by atomic mass is 16.1. The van der Waals surface area contributed by atoms with E-state index >= 15 is 0 Å². The summed E-state index contributed by atoms with van der Waals surface area (Å²) in [6.45, 7) is 2.64. The van der Waals surface area contributed by atoms with Crippen molar-refractivity contribution in [2.75, 3.05) is 11.9 Å². The SMILES string of the molecule is C#Cc1cccc(NC(=O)CCC(C)CN)c1. The van der Waals surface area contributed by atoms with Crippen LogP contribution in [0.1, 0.15) is 25.3 Å². The third-order valence-electron chi connectivity index (χ3n) is 2.58. The number of amides is 1. The van der Waals surface area contributed by atoms with Crippen LogP contribution in [0.4, 0.5) is 5.69 Å². The lowest BCUT2D eigenvalue weighted by atomic mass is 10.1. The minimum Gasteiger partial charge on any atom is -0.330 e. The first-order valence-corrected chi connectivity index (χ1v) is 5.72. The first-order valence-electron chi connectivity index (χ1n) is 5.72. The molecule has 1 rings (SSSR count). The third-order valence-corrected chi connectivity index (χ3v) is 2.58. The number of terminal acetylenes is 1. The van der Waals surface area contributed by atoms with E-state index in [1.54, 1.807) is 6.07 Å². The molecular weight excluding hydrogens is 212 g/mol. The number of rotatable bonds is 5. The molecule has 0 aromatic heterocycles. The van der Waals surface area contributed by atoms with E-state index in [9.17, 15) is 4.79 Å². The fourth-order valence-electron chi connectivity index (χ4n) is 1.41. The first-order chi connectivity index (χ1) is 8.15. The van der Waals surface area contributed by atoms with Crippen molar-refractivity contribution in [3.8, 4) is 12.3 Å². The number of carbonyl (C=O) groups excluding carboxylic acids is 1. The predicted molar refractivity (Wildman–Crippen MR) is 70.5 cm³/mol. The Morgan fingerprint density at radius 1 is 1.59 bits per heavy atom. The van der Waals surface area contributed by atoms with Gasteiger partial charge >= 0.3 is 0 Å². The van der Waals surface area contributed by atoms with Gasteiger partial charge in [-0.05, 0) is 37.1 Å². The van der Waals surface area contributed by atoms with Crippen LogP contribution < -0.4 is 11.1 Å². The number of benzene rings is 1. The summed E-state index contributed by atoms with van der Waals surface area (Å²) < 4.78 is 0. The topological polar surface area (TPSA) is 55.1 Å². The Kier molecular flexibility index (Phi) is 5.25. The molecule has 3 N–H and O–H groups in total. The molecule has 0 saturated heterocycles. The molecule has 3 heteroatoms. The molecule has 17 heavy (non-hydrogen) atoms. The van der Waals surface area contributed by atoms with Crippen molar-refractivity contribution in [3.63, 3.8) is 0 Å². The normalized spacial score (nSPS) is 11.6. The van der Waals surface area contributed by atoms with Gasteiger partial charge in [0.25, 0.3) is 0 Å². The van der Waals surface area contributed by atoms with E-state index in [-0.39, 0.29) is 5.91 Å². The van der Waals surface area contributed by atoms with Gasteiger partial charge in [-0.15, -0.1) is 6.42 Å². The maximum atomic E-state index is 11.6. The van der Waals surface area contributed by atoms with E-state index in [4.69, 9.17) is 12.2 Å². The summed E-state index contributed by atoms with van der Waals surface area (Å²) in [7, 11) is 0. The van der Waals surface area contributed by atoms with E-state index < -0.39 is 0 Å². The standard InChI is InChI=1S/C14H18N2O/c1-3-12-5-4-6-13(9-12)16-14(17)8-7-11(2)10-15/h1,4-6,9,11H,7-8,10,15H2,2H3,(H,16,17). The van der Waals surface area contributed by atoms with Gasteiger partial charge in [-0.1, -0.05) is 18.9 Å². The van der Waals surface area contributed by atoms with Gasteiger partial charge < -0.3 is 11.1 Å². The summed E-state index contributed by atoms with van der Waals surface area (Å²) in [5.74, 6) is 2.90. The van der Waals surface area contributed by atoms with E-state index in [0.29, 0.717) is 18.9 Å². The molecule has 0 aliphatic rings. The van der Waals surface area contributed by atoms with Crippen molar-refractivity contribution in [1.29, 1.82) is 0 Å². The molecule has 1 atom stereocenters. The number of hydrogen-bond donors (Lipinski definition) is 2. The predicted octanol–water partition coefficient (Wildman–Crippen LogP) is 1.98. The van der Waals surface area contributed by atoms with Gasteiger partial charge in [0.05, 0.1) is 0 Å². The fourth-order valence-corrected chi connectivity index (χ4v) is 1.41. The molecule has 0 bridgehead atoms. The Morgan fingerprint density at radius 3 is 3.00 bits per heavy atom. The molecule has 1 aromatic rings. The molecule has 0 heterocycles. The van der Waals surface area contributed by atoms with Gasteiger partial charge in [0.15, 0.2) is 0 Å². The van der Waals surface area contributed by atoms with Crippen LogP contribution in [-0.4, -0.2) is 12.5 Å². The second-order valence-corrected chi connectivity index (χ2v) is 4.15. The maximum absolute atomic E-state index is 11.6. The first kappa shape index (κ1) is 13.3. The lowest BCUT2D eigenvalue weighted by molar-refractivity contribution is -0.116. The highest BCUT2D eigenvalue weighted by molar-refractivity contribution is 5.90. The van der Waals surface area contributed by atoms with Crippen molar-refractivity contribution in [2.24, 2.45) is 11.7 Å². The fraction of sp³-hybridized carbons (Fsp3) is 0.357. The smallest absolute Gasteiger partial charge is 0.224 e. The molecule has 0 aliphatic carbocycles. The largest absolute Gasteiger partial charge is 0.330 e. The Hall–Kier alpha value is -1.79. The maximum Gasteiger partial charge on any atom is 0.224 e. The highest BCUT2D eigenvalue weighted by Gasteiger charge is 2.05. The second kappa shape index (κ2) is 6.72. The van der Waals surface area contributed by atoms with Crippen molar-refractivity contribution in [1.82, 2.24) is 0 Å². The summed E-state index contributed by atoms with van der Waals surface area (Å²) >= 11 is 0. The van der Waals surface area contributed by atoms with E-state index in [1.807, 2.05) is 25.1 Å². The highest BCUT2D eigenvalue weighted by Crippen LogP contribution is 2.11. The van der Waals surface area contributed by atoms with Crippen molar-refractivity contribution in [3.05, 3.63) is 29.8 Å². The zero-order chi connectivity index (χ0) is 12.7. The number of nitrogens with one attached hydrogen (secondary N) is 1. The van der Waals surface area contributed by atoms with Gasteiger partial charge in [0.1, 0.15) is 0 Å². The zero-order valence-electron chi connectivity index (χ0n) is 10.1. The van der Waals surface area contributed by atoms with Gasteiger partial charge in [0, 0.05) is 17.7 Å². The van der Waals surface area contributed by atoms with Crippen molar-refractivity contribution >= 4 is 11.6 Å². The molecule has 0 aliphatic heterocycles. The summed E-state index contributed by atoms with van der Waals surface area (Å²) in [4.78, 5) is 11.6. The van der Waals surface area contributed by atoms with Gasteiger partial charge in [0.2, 0.25) is 5.91 Å². The molecule has 90 valence electrons. The molecule has 3 nitrogen and oxygen atoms in total. The van der Waals surface area contributed by atoms with Crippen molar-refractivity contribution < 1.29 is 4.79 Å². The third kappa shape index (κ3) is 4.71. The monoisotopic (exact) mass is 230 g/mol. The summed E-state index contributed by atoms with van der Waals surface area (Å²) in [6.07, 6.45) is 6.58. The van der Waals surface area contributed by atoms with E-state index in [2.05, 4.69) is 11.2 Å². The Bertz CT molecular complexity index is 420. The Morgan fingerprint density at radius 2 is 2.35 bits per heavy atom. The van der Waals surface area contributed by atoms with Crippen LogP contribution in [0.2, 0.25) is 0 Å². The summed E-state index contributed by atoms with van der Waals surface area (Å²) in [5, 5.41) is 2.82. The molecule has 1 aromatic carbocycles. The van der Waals surface area contributed by atoms with Gasteiger partial charge in [-0.2, -0.15) is 0 Å². The quantitative estimate of drug-likeness (QED) is 0.760. The number of hydrogen-bond acceptors (Lipinski definition) is 2. The molecule has 0 radical (unpaired) electrons. The minimum atomic E-state index is -0.000489. The van der Waals surface area contributed by atoms with E-state index in [0.717, 1.165) is 17.7 Å². The van der Waals surface area contributed by atoms with Crippen LogP contribution in [0, 0.1) is 18.3 Å². The number of carbonyl (C=O) groups is 1. The van der Waals surface area contributed by atoms with Crippen LogP contribution in [-0.2, 0) is 4.79 Å². The van der Waals surface area contributed by atoms with E-state index in [1.165, 1.54) is 0 Å². The molecule has 0 saturated carbocycles.